The van der Waals surface area contributed by atoms with Gasteiger partial charge in [0.25, 0.3) is 0 Å². The minimum absolute atomic E-state index is 0.152. The molecule has 4 nitrogen and oxygen atoms in total. The van der Waals surface area contributed by atoms with E-state index in [9.17, 15) is 4.79 Å². The normalized spacial score (nSPS) is 14.7. The van der Waals surface area contributed by atoms with Crippen molar-refractivity contribution in [1.29, 1.82) is 0 Å². The number of nitrogens with one attached hydrogen (secondary N) is 1. The van der Waals surface area contributed by atoms with E-state index in [4.69, 9.17) is 5.10 Å². The van der Waals surface area contributed by atoms with E-state index in [1.54, 1.807) is 0 Å². The molecule has 0 unspecified atom stereocenters. The number of nitrogens with zero attached hydrogens (tertiary/aromatic N) is 2. The Balaban J connectivity index is 1.53. The van der Waals surface area contributed by atoms with Crippen molar-refractivity contribution < 1.29 is 4.79 Å². The molecule has 1 heterocycles. The van der Waals surface area contributed by atoms with Gasteiger partial charge in [0.15, 0.2) is 0 Å². The van der Waals surface area contributed by atoms with E-state index in [1.165, 1.54) is 24.8 Å². The van der Waals surface area contributed by atoms with Gasteiger partial charge < -0.3 is 5.32 Å². The minimum atomic E-state index is 0.152. The van der Waals surface area contributed by atoms with Gasteiger partial charge in [-0.3, -0.25) is 4.79 Å². The highest BCUT2D eigenvalue weighted by Gasteiger charge is 2.17. The number of aromatic nitrogens is 2. The smallest absolute Gasteiger partial charge is 0.220 e. The van der Waals surface area contributed by atoms with Crippen LogP contribution in [0.15, 0.2) is 60.8 Å². The van der Waals surface area contributed by atoms with Gasteiger partial charge in [0.05, 0.1) is 11.4 Å². The Kier molecular flexibility index (Phi) is 6.09. The Morgan fingerprint density at radius 3 is 2.48 bits per heavy atom. The van der Waals surface area contributed by atoms with Gasteiger partial charge in [0.1, 0.15) is 0 Å². The summed E-state index contributed by atoms with van der Waals surface area (Å²) in [5, 5.41) is 8.09. The number of rotatable bonds is 6. The SMILES string of the molecule is Cc1ccc(-c2nn(-c3ccccc3)cc2CCC(=O)NC2CCCCC2)cc1. The second-order valence-electron chi connectivity index (χ2n) is 8.05. The van der Waals surface area contributed by atoms with Crippen molar-refractivity contribution in [3.8, 4) is 16.9 Å². The summed E-state index contributed by atoms with van der Waals surface area (Å²) in [7, 11) is 0. The third-order valence-electron chi connectivity index (χ3n) is 5.73. The molecule has 0 spiro atoms. The average molecular weight is 388 g/mol. The highest BCUT2D eigenvalue weighted by atomic mass is 16.1. The molecule has 1 amide bonds. The molecule has 1 fully saturated rings. The molecule has 1 N–H and O–H groups in total. The van der Waals surface area contributed by atoms with Crippen LogP contribution in [0.1, 0.15) is 49.7 Å². The van der Waals surface area contributed by atoms with E-state index < -0.39 is 0 Å². The van der Waals surface area contributed by atoms with Crippen LogP contribution in [0.2, 0.25) is 0 Å². The lowest BCUT2D eigenvalue weighted by Crippen LogP contribution is -2.36. The number of carbonyl (C=O) groups excluding carboxylic acids is 1. The van der Waals surface area contributed by atoms with Crippen molar-refractivity contribution >= 4 is 5.91 Å². The number of carbonyl (C=O) groups is 1. The van der Waals surface area contributed by atoms with E-state index in [0.717, 1.165) is 35.3 Å². The van der Waals surface area contributed by atoms with Crippen LogP contribution in [0.3, 0.4) is 0 Å². The maximum Gasteiger partial charge on any atom is 0.220 e. The van der Waals surface area contributed by atoms with Gasteiger partial charge in [-0.2, -0.15) is 5.10 Å². The molecule has 1 aromatic heterocycles. The van der Waals surface area contributed by atoms with Crippen molar-refractivity contribution in [2.24, 2.45) is 0 Å². The number of aryl methyl sites for hydroxylation is 2. The number of hydrogen-bond donors (Lipinski definition) is 1. The van der Waals surface area contributed by atoms with Crippen LogP contribution in [-0.4, -0.2) is 21.7 Å². The maximum atomic E-state index is 12.5. The third-order valence-corrected chi connectivity index (χ3v) is 5.73. The molecule has 29 heavy (non-hydrogen) atoms. The fourth-order valence-corrected chi connectivity index (χ4v) is 4.06. The molecule has 3 aromatic rings. The lowest BCUT2D eigenvalue weighted by atomic mass is 9.95. The number of hydrogen-bond acceptors (Lipinski definition) is 2. The van der Waals surface area contributed by atoms with Crippen molar-refractivity contribution in [1.82, 2.24) is 15.1 Å². The van der Waals surface area contributed by atoms with Crippen LogP contribution in [-0.2, 0) is 11.2 Å². The first-order chi connectivity index (χ1) is 14.2. The first-order valence-corrected chi connectivity index (χ1v) is 10.7. The van der Waals surface area contributed by atoms with E-state index in [1.807, 2.05) is 35.0 Å². The molecule has 0 atom stereocenters. The first-order valence-electron chi connectivity index (χ1n) is 10.7. The quantitative estimate of drug-likeness (QED) is 0.629. The lowest BCUT2D eigenvalue weighted by Gasteiger charge is -2.22. The Morgan fingerprint density at radius 2 is 1.76 bits per heavy atom. The zero-order valence-corrected chi connectivity index (χ0v) is 17.1. The second kappa shape index (κ2) is 9.08. The molecule has 1 aliphatic rings. The van der Waals surface area contributed by atoms with Crippen LogP contribution in [0.5, 0.6) is 0 Å². The molecule has 0 saturated heterocycles. The topological polar surface area (TPSA) is 46.9 Å². The predicted molar refractivity (Wildman–Crippen MR) is 117 cm³/mol. The summed E-state index contributed by atoms with van der Waals surface area (Å²) < 4.78 is 1.92. The highest BCUT2D eigenvalue weighted by Crippen LogP contribution is 2.25. The van der Waals surface area contributed by atoms with E-state index >= 15 is 0 Å². The van der Waals surface area contributed by atoms with Gasteiger partial charge >= 0.3 is 0 Å². The number of amides is 1. The molecule has 2 aromatic carbocycles. The molecule has 150 valence electrons. The summed E-state index contributed by atoms with van der Waals surface area (Å²) >= 11 is 0. The standard InChI is InChI=1S/C25H29N3O/c1-19-12-14-20(15-13-19)25-21(18-28(27-25)23-10-6-3-7-11-23)16-17-24(29)26-22-8-4-2-5-9-22/h3,6-7,10-15,18,22H,2,4-5,8-9,16-17H2,1H3,(H,26,29). The number of benzene rings is 2. The van der Waals surface area contributed by atoms with Crippen LogP contribution in [0.25, 0.3) is 16.9 Å². The minimum Gasteiger partial charge on any atom is -0.353 e. The van der Waals surface area contributed by atoms with Gasteiger partial charge in [-0.25, -0.2) is 4.68 Å². The molecular formula is C25H29N3O. The molecular weight excluding hydrogens is 358 g/mol. The van der Waals surface area contributed by atoms with Crippen molar-refractivity contribution in [2.75, 3.05) is 0 Å². The summed E-state index contributed by atoms with van der Waals surface area (Å²) in [6.45, 7) is 2.09. The van der Waals surface area contributed by atoms with Crippen LogP contribution >= 0.6 is 0 Å². The summed E-state index contributed by atoms with van der Waals surface area (Å²) in [5.74, 6) is 0.152. The highest BCUT2D eigenvalue weighted by molar-refractivity contribution is 5.77. The molecule has 0 aliphatic heterocycles. The van der Waals surface area contributed by atoms with Crippen molar-refractivity contribution in [2.45, 2.75) is 57.9 Å². The predicted octanol–water partition coefficient (Wildman–Crippen LogP) is 5.23. The Labute approximate surface area is 173 Å². The number of para-hydroxylation sites is 1. The van der Waals surface area contributed by atoms with E-state index in [2.05, 4.69) is 42.7 Å². The van der Waals surface area contributed by atoms with Gasteiger partial charge in [-0.1, -0.05) is 67.3 Å². The first kappa shape index (κ1) is 19.4. The van der Waals surface area contributed by atoms with Crippen LogP contribution < -0.4 is 5.32 Å². The largest absolute Gasteiger partial charge is 0.353 e. The average Bonchev–Trinajstić information content (AvgIpc) is 3.18. The Bertz CT molecular complexity index is 938. The molecule has 1 saturated carbocycles. The third kappa shape index (κ3) is 4.94. The van der Waals surface area contributed by atoms with Crippen molar-refractivity contribution in [3.05, 3.63) is 71.9 Å². The van der Waals surface area contributed by atoms with Gasteiger partial charge in [-0.05, 0) is 43.9 Å². The molecule has 0 bridgehead atoms. The summed E-state index contributed by atoms with van der Waals surface area (Å²) in [4.78, 5) is 12.5. The lowest BCUT2D eigenvalue weighted by molar-refractivity contribution is -0.121. The summed E-state index contributed by atoms with van der Waals surface area (Å²) in [6.07, 6.45) is 9.24. The van der Waals surface area contributed by atoms with E-state index in [0.29, 0.717) is 18.9 Å². The molecule has 1 aliphatic carbocycles. The van der Waals surface area contributed by atoms with Gasteiger partial charge in [0, 0.05) is 24.2 Å². The van der Waals surface area contributed by atoms with Crippen LogP contribution in [0, 0.1) is 6.92 Å². The molecule has 4 heteroatoms. The van der Waals surface area contributed by atoms with Gasteiger partial charge in [-0.15, -0.1) is 0 Å². The summed E-state index contributed by atoms with van der Waals surface area (Å²) in [5.41, 5.74) is 5.41. The zero-order valence-electron chi connectivity index (χ0n) is 17.1. The fourth-order valence-electron chi connectivity index (χ4n) is 4.06. The maximum absolute atomic E-state index is 12.5. The van der Waals surface area contributed by atoms with E-state index in [-0.39, 0.29) is 5.91 Å². The second-order valence-corrected chi connectivity index (χ2v) is 8.05. The Morgan fingerprint density at radius 1 is 1.03 bits per heavy atom. The van der Waals surface area contributed by atoms with Crippen LogP contribution in [0.4, 0.5) is 0 Å². The monoisotopic (exact) mass is 387 g/mol. The van der Waals surface area contributed by atoms with Crippen molar-refractivity contribution in [3.63, 3.8) is 0 Å². The Hall–Kier alpha value is -2.88. The molecule has 4 rings (SSSR count). The zero-order chi connectivity index (χ0) is 20.1. The molecule has 0 radical (unpaired) electrons. The van der Waals surface area contributed by atoms with Gasteiger partial charge in [0.2, 0.25) is 5.91 Å². The fraction of sp³-hybridized carbons (Fsp3) is 0.360. The summed E-state index contributed by atoms with van der Waals surface area (Å²) in [6, 6.07) is 18.9.